The van der Waals surface area contributed by atoms with E-state index in [2.05, 4.69) is 6.58 Å². The summed E-state index contributed by atoms with van der Waals surface area (Å²) in [5.74, 6) is -0.346. The van der Waals surface area contributed by atoms with E-state index in [1.807, 2.05) is 43.3 Å². The summed E-state index contributed by atoms with van der Waals surface area (Å²) in [7, 11) is 0. The Labute approximate surface area is 96.2 Å². The quantitative estimate of drug-likeness (QED) is 0.570. The number of rotatable bonds is 4. The molecular weight excluding hydrogens is 200 g/mol. The SMILES string of the molecule is C=C(C)C(=O)OCC(C)=Cc1ccccc1. The van der Waals surface area contributed by atoms with Gasteiger partial charge in [-0.1, -0.05) is 43.0 Å². The molecule has 16 heavy (non-hydrogen) atoms. The molecule has 0 aliphatic carbocycles. The average Bonchev–Trinajstić information content (AvgIpc) is 2.27. The van der Waals surface area contributed by atoms with Crippen molar-refractivity contribution in [2.75, 3.05) is 6.61 Å². The third-order valence-corrected chi connectivity index (χ3v) is 1.99. The summed E-state index contributed by atoms with van der Waals surface area (Å²) in [5.41, 5.74) is 2.53. The zero-order chi connectivity index (χ0) is 12.0. The summed E-state index contributed by atoms with van der Waals surface area (Å²) in [4.78, 5) is 11.2. The van der Waals surface area contributed by atoms with Gasteiger partial charge in [0, 0.05) is 5.57 Å². The number of hydrogen-bond donors (Lipinski definition) is 0. The van der Waals surface area contributed by atoms with E-state index in [1.165, 1.54) is 0 Å². The largest absolute Gasteiger partial charge is 0.458 e. The van der Waals surface area contributed by atoms with Gasteiger partial charge in [-0.2, -0.15) is 0 Å². The lowest BCUT2D eigenvalue weighted by Crippen LogP contribution is -2.06. The van der Waals surface area contributed by atoms with Crippen molar-refractivity contribution in [2.24, 2.45) is 0 Å². The molecule has 0 saturated carbocycles. The summed E-state index contributed by atoms with van der Waals surface area (Å²) in [6.07, 6.45) is 1.99. The molecule has 0 amide bonds. The Bertz CT molecular complexity index is 402. The molecule has 0 aliphatic heterocycles. The lowest BCUT2D eigenvalue weighted by atomic mass is 10.1. The first kappa shape index (κ1) is 12.2. The van der Waals surface area contributed by atoms with Crippen molar-refractivity contribution in [3.05, 3.63) is 53.6 Å². The molecule has 1 aromatic carbocycles. The van der Waals surface area contributed by atoms with E-state index in [0.717, 1.165) is 11.1 Å². The maximum atomic E-state index is 11.2. The van der Waals surface area contributed by atoms with E-state index < -0.39 is 0 Å². The van der Waals surface area contributed by atoms with Gasteiger partial charge < -0.3 is 4.74 Å². The molecular formula is C14H16O2. The molecule has 84 valence electrons. The van der Waals surface area contributed by atoms with E-state index in [0.29, 0.717) is 12.2 Å². The van der Waals surface area contributed by atoms with Crippen LogP contribution in [0.15, 0.2) is 48.1 Å². The van der Waals surface area contributed by atoms with Gasteiger partial charge in [0.1, 0.15) is 6.61 Å². The van der Waals surface area contributed by atoms with Gasteiger partial charge in [0.15, 0.2) is 0 Å². The fourth-order valence-corrected chi connectivity index (χ4v) is 1.18. The van der Waals surface area contributed by atoms with Gasteiger partial charge in [-0.25, -0.2) is 4.79 Å². The molecule has 0 bridgehead atoms. The molecule has 0 atom stereocenters. The number of carbonyl (C=O) groups is 1. The van der Waals surface area contributed by atoms with Crippen molar-refractivity contribution < 1.29 is 9.53 Å². The Morgan fingerprint density at radius 1 is 1.31 bits per heavy atom. The van der Waals surface area contributed by atoms with Crippen LogP contribution in [-0.4, -0.2) is 12.6 Å². The third kappa shape index (κ3) is 4.13. The van der Waals surface area contributed by atoms with Gasteiger partial charge in [-0.3, -0.25) is 0 Å². The number of ether oxygens (including phenoxy) is 1. The van der Waals surface area contributed by atoms with Crippen molar-refractivity contribution in [2.45, 2.75) is 13.8 Å². The molecule has 0 spiro atoms. The fraction of sp³-hybridized carbons (Fsp3) is 0.214. The fourth-order valence-electron chi connectivity index (χ4n) is 1.18. The minimum atomic E-state index is -0.346. The van der Waals surface area contributed by atoms with E-state index in [9.17, 15) is 4.79 Å². The van der Waals surface area contributed by atoms with Crippen LogP contribution in [0.1, 0.15) is 19.4 Å². The Morgan fingerprint density at radius 3 is 2.50 bits per heavy atom. The second kappa shape index (κ2) is 5.91. The summed E-state index contributed by atoms with van der Waals surface area (Å²) in [6, 6.07) is 9.92. The average molecular weight is 216 g/mol. The molecule has 2 heteroatoms. The molecule has 1 aromatic rings. The summed E-state index contributed by atoms with van der Waals surface area (Å²) < 4.78 is 5.03. The lowest BCUT2D eigenvalue weighted by Gasteiger charge is -2.04. The highest BCUT2D eigenvalue weighted by atomic mass is 16.5. The predicted molar refractivity (Wildman–Crippen MR) is 65.9 cm³/mol. The number of esters is 1. The first-order valence-electron chi connectivity index (χ1n) is 5.14. The van der Waals surface area contributed by atoms with Crippen LogP contribution in [0.5, 0.6) is 0 Å². The normalized spacial score (nSPS) is 11.0. The third-order valence-electron chi connectivity index (χ3n) is 1.99. The van der Waals surface area contributed by atoms with Gasteiger partial charge in [-0.05, 0) is 25.0 Å². The van der Waals surface area contributed by atoms with Crippen LogP contribution < -0.4 is 0 Å². The zero-order valence-corrected chi connectivity index (χ0v) is 9.69. The van der Waals surface area contributed by atoms with Gasteiger partial charge in [0.05, 0.1) is 0 Å². The Morgan fingerprint density at radius 2 is 1.94 bits per heavy atom. The summed E-state index contributed by atoms with van der Waals surface area (Å²) in [6.45, 7) is 7.40. The molecule has 0 unspecified atom stereocenters. The molecule has 0 fully saturated rings. The molecule has 1 rings (SSSR count). The maximum Gasteiger partial charge on any atom is 0.333 e. The number of hydrogen-bond acceptors (Lipinski definition) is 2. The topological polar surface area (TPSA) is 26.3 Å². The minimum absolute atomic E-state index is 0.306. The molecule has 0 radical (unpaired) electrons. The highest BCUT2D eigenvalue weighted by molar-refractivity contribution is 5.87. The first-order chi connectivity index (χ1) is 7.59. The van der Waals surface area contributed by atoms with Crippen molar-refractivity contribution in [3.63, 3.8) is 0 Å². The van der Waals surface area contributed by atoms with Crippen LogP contribution >= 0.6 is 0 Å². The highest BCUT2D eigenvalue weighted by Crippen LogP contribution is 2.06. The van der Waals surface area contributed by atoms with Crippen LogP contribution in [0, 0.1) is 0 Å². The van der Waals surface area contributed by atoms with Gasteiger partial charge in [-0.15, -0.1) is 0 Å². The van der Waals surface area contributed by atoms with Gasteiger partial charge in [0.2, 0.25) is 0 Å². The van der Waals surface area contributed by atoms with Crippen molar-refractivity contribution in [1.29, 1.82) is 0 Å². The van der Waals surface area contributed by atoms with Crippen LogP contribution in [0.2, 0.25) is 0 Å². The van der Waals surface area contributed by atoms with E-state index in [1.54, 1.807) is 6.92 Å². The van der Waals surface area contributed by atoms with Crippen molar-refractivity contribution in [3.8, 4) is 0 Å². The molecule has 0 N–H and O–H groups in total. The van der Waals surface area contributed by atoms with Crippen LogP contribution in [0.3, 0.4) is 0 Å². The van der Waals surface area contributed by atoms with Gasteiger partial charge in [0.25, 0.3) is 0 Å². The molecule has 0 aliphatic rings. The Kier molecular flexibility index (Phi) is 4.52. The Hall–Kier alpha value is -1.83. The molecule has 0 heterocycles. The monoisotopic (exact) mass is 216 g/mol. The molecule has 2 nitrogen and oxygen atoms in total. The van der Waals surface area contributed by atoms with E-state index >= 15 is 0 Å². The standard InChI is InChI=1S/C14H16O2/c1-11(2)14(15)16-10-12(3)9-13-7-5-4-6-8-13/h4-9H,1,10H2,2-3H3. The molecule has 0 saturated heterocycles. The van der Waals surface area contributed by atoms with Crippen molar-refractivity contribution in [1.82, 2.24) is 0 Å². The number of carbonyl (C=O) groups excluding carboxylic acids is 1. The van der Waals surface area contributed by atoms with Crippen LogP contribution in [0.25, 0.3) is 6.08 Å². The minimum Gasteiger partial charge on any atom is -0.458 e. The summed E-state index contributed by atoms with van der Waals surface area (Å²) in [5, 5.41) is 0. The van der Waals surface area contributed by atoms with E-state index in [4.69, 9.17) is 4.74 Å². The van der Waals surface area contributed by atoms with Gasteiger partial charge >= 0.3 is 5.97 Å². The maximum absolute atomic E-state index is 11.2. The second-order valence-electron chi connectivity index (χ2n) is 3.76. The molecule has 0 aromatic heterocycles. The van der Waals surface area contributed by atoms with Crippen LogP contribution in [-0.2, 0) is 9.53 Å². The smallest absolute Gasteiger partial charge is 0.333 e. The van der Waals surface area contributed by atoms with E-state index in [-0.39, 0.29) is 5.97 Å². The summed E-state index contributed by atoms with van der Waals surface area (Å²) >= 11 is 0. The second-order valence-corrected chi connectivity index (χ2v) is 3.76. The van der Waals surface area contributed by atoms with Crippen molar-refractivity contribution >= 4 is 12.0 Å². The predicted octanol–water partition coefficient (Wildman–Crippen LogP) is 3.21. The Balaban J connectivity index is 2.53. The number of benzene rings is 1. The first-order valence-corrected chi connectivity index (χ1v) is 5.14. The zero-order valence-electron chi connectivity index (χ0n) is 9.69. The lowest BCUT2D eigenvalue weighted by molar-refractivity contribution is -0.137. The highest BCUT2D eigenvalue weighted by Gasteiger charge is 2.02. The van der Waals surface area contributed by atoms with Crippen LogP contribution in [0.4, 0.5) is 0 Å².